The van der Waals surface area contributed by atoms with Crippen LogP contribution in [-0.2, 0) is 12.7 Å². The average molecular weight is 321 g/mol. The molecule has 2 rings (SSSR count). The van der Waals surface area contributed by atoms with E-state index in [0.29, 0.717) is 5.56 Å². The number of anilines is 2. The van der Waals surface area contributed by atoms with Crippen LogP contribution < -0.4 is 11.1 Å². The number of nitrogens with zero attached hydrogens (tertiary/aromatic N) is 2. The number of hydrogen-bond acceptors (Lipinski definition) is 4. The predicted molar refractivity (Wildman–Crippen MR) is 70.2 cm³/mol. The Morgan fingerprint density at radius 1 is 1.19 bits per heavy atom. The first-order valence-electron chi connectivity index (χ1n) is 5.65. The van der Waals surface area contributed by atoms with E-state index in [-0.39, 0.29) is 17.4 Å². The van der Waals surface area contributed by atoms with Crippen molar-refractivity contribution in [3.8, 4) is 0 Å². The van der Waals surface area contributed by atoms with E-state index in [9.17, 15) is 17.6 Å². The third kappa shape index (κ3) is 3.94. The topological polar surface area (TPSA) is 63.8 Å². The van der Waals surface area contributed by atoms with Gasteiger partial charge < -0.3 is 11.1 Å². The summed E-state index contributed by atoms with van der Waals surface area (Å²) in [5.74, 6) is -1.16. The molecule has 0 aliphatic heterocycles. The Balaban J connectivity index is 2.16. The van der Waals surface area contributed by atoms with Gasteiger partial charge in [0.15, 0.2) is 5.69 Å². The Morgan fingerprint density at radius 3 is 2.52 bits per heavy atom. The largest absolute Gasteiger partial charge is 0.433 e. The molecule has 21 heavy (non-hydrogen) atoms. The highest BCUT2D eigenvalue weighted by atomic mass is 35.5. The number of nitrogens with two attached hydrogens (primary N) is 1. The molecule has 9 heteroatoms. The Hall–Kier alpha value is -2.09. The van der Waals surface area contributed by atoms with E-state index >= 15 is 0 Å². The fourth-order valence-electron chi connectivity index (χ4n) is 1.54. The summed E-state index contributed by atoms with van der Waals surface area (Å²) in [6.07, 6.45) is -4.62. The zero-order valence-electron chi connectivity index (χ0n) is 10.4. The average Bonchev–Trinajstić information content (AvgIpc) is 2.38. The first-order chi connectivity index (χ1) is 9.75. The van der Waals surface area contributed by atoms with Gasteiger partial charge in [-0.15, -0.1) is 0 Å². The van der Waals surface area contributed by atoms with Crippen LogP contribution >= 0.6 is 11.6 Å². The van der Waals surface area contributed by atoms with Crippen molar-refractivity contribution in [1.29, 1.82) is 0 Å². The standard InChI is InChI=1S/C12H9ClF4N4/c13-7-3-6(1-2-8(7)14)5-19-10-4-9(12(15,16)17)20-11(18)21-10/h1-4H,5H2,(H3,18,19,20,21). The fourth-order valence-corrected chi connectivity index (χ4v) is 1.75. The van der Waals surface area contributed by atoms with Crippen LogP contribution in [0.3, 0.4) is 0 Å². The van der Waals surface area contributed by atoms with Gasteiger partial charge in [0.25, 0.3) is 0 Å². The van der Waals surface area contributed by atoms with Crippen molar-refractivity contribution in [3.05, 3.63) is 46.4 Å². The summed E-state index contributed by atoms with van der Waals surface area (Å²) in [5.41, 5.74) is 4.67. The molecule has 0 aliphatic carbocycles. The van der Waals surface area contributed by atoms with Gasteiger partial charge in [0.05, 0.1) is 5.02 Å². The first kappa shape index (κ1) is 15.3. The molecule has 0 atom stereocenters. The van der Waals surface area contributed by atoms with Crippen LogP contribution in [0.4, 0.5) is 29.3 Å². The summed E-state index contributed by atoms with van der Waals surface area (Å²) in [6.45, 7) is 0.105. The van der Waals surface area contributed by atoms with Gasteiger partial charge in [-0.3, -0.25) is 0 Å². The highest BCUT2D eigenvalue weighted by molar-refractivity contribution is 6.30. The maximum Gasteiger partial charge on any atom is 0.433 e. The van der Waals surface area contributed by atoms with Crippen molar-refractivity contribution in [2.75, 3.05) is 11.1 Å². The number of halogens is 5. The highest BCUT2D eigenvalue weighted by Gasteiger charge is 2.33. The monoisotopic (exact) mass is 320 g/mol. The van der Waals surface area contributed by atoms with Crippen molar-refractivity contribution in [2.45, 2.75) is 12.7 Å². The van der Waals surface area contributed by atoms with Gasteiger partial charge in [-0.25, -0.2) is 9.37 Å². The van der Waals surface area contributed by atoms with Crippen molar-refractivity contribution < 1.29 is 17.6 Å². The molecule has 3 N–H and O–H groups in total. The van der Waals surface area contributed by atoms with Crippen LogP contribution in [0.2, 0.25) is 5.02 Å². The lowest BCUT2D eigenvalue weighted by molar-refractivity contribution is -0.141. The van der Waals surface area contributed by atoms with Crippen LogP contribution in [0.25, 0.3) is 0 Å². The Kier molecular flexibility index (Phi) is 4.17. The van der Waals surface area contributed by atoms with Gasteiger partial charge in [0, 0.05) is 12.6 Å². The van der Waals surface area contributed by atoms with E-state index in [0.717, 1.165) is 12.1 Å². The van der Waals surface area contributed by atoms with E-state index < -0.39 is 23.6 Å². The SMILES string of the molecule is Nc1nc(NCc2ccc(F)c(Cl)c2)cc(C(F)(F)F)n1. The minimum absolute atomic E-state index is 0.0764. The molecule has 0 radical (unpaired) electrons. The Labute approximate surface area is 122 Å². The van der Waals surface area contributed by atoms with Crippen LogP contribution in [-0.4, -0.2) is 9.97 Å². The summed E-state index contributed by atoms with van der Waals surface area (Å²) in [6, 6.07) is 4.71. The Bertz CT molecular complexity index is 660. The quantitative estimate of drug-likeness (QED) is 0.850. The van der Waals surface area contributed by atoms with Crippen molar-refractivity contribution in [1.82, 2.24) is 9.97 Å². The molecule has 2 aromatic rings. The Morgan fingerprint density at radius 2 is 1.90 bits per heavy atom. The molecule has 0 fully saturated rings. The number of alkyl halides is 3. The fraction of sp³-hybridized carbons (Fsp3) is 0.167. The second kappa shape index (κ2) is 5.72. The second-order valence-electron chi connectivity index (χ2n) is 4.10. The highest BCUT2D eigenvalue weighted by Crippen LogP contribution is 2.29. The zero-order chi connectivity index (χ0) is 15.6. The number of aromatic nitrogens is 2. The normalized spacial score (nSPS) is 11.5. The number of hydrogen-bond donors (Lipinski definition) is 2. The summed E-state index contributed by atoms with van der Waals surface area (Å²) in [7, 11) is 0. The second-order valence-corrected chi connectivity index (χ2v) is 4.50. The van der Waals surface area contributed by atoms with Gasteiger partial charge in [-0.05, 0) is 17.7 Å². The van der Waals surface area contributed by atoms with Crippen molar-refractivity contribution >= 4 is 23.4 Å². The van der Waals surface area contributed by atoms with E-state index in [2.05, 4.69) is 15.3 Å². The molecule has 4 nitrogen and oxygen atoms in total. The molecular formula is C12H9ClF4N4. The molecule has 1 aromatic heterocycles. The summed E-state index contributed by atoms with van der Waals surface area (Å²) >= 11 is 5.61. The first-order valence-corrected chi connectivity index (χ1v) is 6.03. The summed E-state index contributed by atoms with van der Waals surface area (Å²) in [4.78, 5) is 6.77. The van der Waals surface area contributed by atoms with E-state index in [1.165, 1.54) is 12.1 Å². The lowest BCUT2D eigenvalue weighted by Crippen LogP contribution is -2.13. The van der Waals surface area contributed by atoms with Crippen molar-refractivity contribution in [3.63, 3.8) is 0 Å². The van der Waals surface area contributed by atoms with Gasteiger partial charge in [-0.1, -0.05) is 17.7 Å². The molecule has 0 spiro atoms. The molecule has 0 saturated heterocycles. The zero-order valence-corrected chi connectivity index (χ0v) is 11.1. The van der Waals surface area contributed by atoms with Crippen LogP contribution in [0.5, 0.6) is 0 Å². The lowest BCUT2D eigenvalue weighted by Gasteiger charge is -2.10. The van der Waals surface area contributed by atoms with Crippen LogP contribution in [0.15, 0.2) is 24.3 Å². The molecule has 0 amide bonds. The van der Waals surface area contributed by atoms with E-state index in [4.69, 9.17) is 17.3 Å². The van der Waals surface area contributed by atoms with Gasteiger partial charge in [0.1, 0.15) is 11.6 Å². The number of nitrogen functional groups attached to an aromatic ring is 1. The minimum atomic E-state index is -4.62. The van der Waals surface area contributed by atoms with Crippen LogP contribution in [0, 0.1) is 5.82 Å². The van der Waals surface area contributed by atoms with Gasteiger partial charge >= 0.3 is 6.18 Å². The maximum absolute atomic E-state index is 13.0. The summed E-state index contributed by atoms with van der Waals surface area (Å²) < 4.78 is 50.7. The van der Waals surface area contributed by atoms with Crippen molar-refractivity contribution in [2.24, 2.45) is 0 Å². The molecule has 1 heterocycles. The maximum atomic E-state index is 13.0. The number of nitrogens with one attached hydrogen (secondary N) is 1. The van der Waals surface area contributed by atoms with E-state index in [1.807, 2.05) is 0 Å². The minimum Gasteiger partial charge on any atom is -0.368 e. The van der Waals surface area contributed by atoms with Crippen LogP contribution in [0.1, 0.15) is 11.3 Å². The third-order valence-electron chi connectivity index (χ3n) is 2.49. The predicted octanol–water partition coefficient (Wildman–Crippen LogP) is 3.48. The molecule has 0 aliphatic rings. The molecule has 0 unspecified atom stereocenters. The molecule has 0 saturated carbocycles. The number of rotatable bonds is 3. The van der Waals surface area contributed by atoms with E-state index in [1.54, 1.807) is 0 Å². The molecule has 0 bridgehead atoms. The molecule has 1 aromatic carbocycles. The third-order valence-corrected chi connectivity index (χ3v) is 2.78. The molecule has 112 valence electrons. The smallest absolute Gasteiger partial charge is 0.368 e. The molecular weight excluding hydrogens is 312 g/mol. The van der Waals surface area contributed by atoms with Gasteiger partial charge in [-0.2, -0.15) is 18.2 Å². The number of benzene rings is 1. The summed E-state index contributed by atoms with van der Waals surface area (Å²) in [5, 5.41) is 2.57. The van der Waals surface area contributed by atoms with Gasteiger partial charge in [0.2, 0.25) is 5.95 Å². The lowest BCUT2D eigenvalue weighted by atomic mass is 10.2.